The highest BCUT2D eigenvalue weighted by molar-refractivity contribution is 9.10. The van der Waals surface area contributed by atoms with Crippen LogP contribution in [0.25, 0.3) is 6.08 Å². The first-order valence-electron chi connectivity index (χ1n) is 9.98. The number of nitrogens with zero attached hydrogens (tertiary/aromatic N) is 1. The fourth-order valence-corrected chi connectivity index (χ4v) is 4.63. The lowest BCUT2D eigenvalue weighted by Crippen LogP contribution is -2.27. The van der Waals surface area contributed by atoms with Gasteiger partial charge in [0.25, 0.3) is 11.1 Å². The van der Waals surface area contributed by atoms with Gasteiger partial charge in [-0.3, -0.25) is 14.5 Å². The van der Waals surface area contributed by atoms with Crippen LogP contribution in [0.5, 0.6) is 11.5 Å². The molecular weight excluding hydrogens is 526 g/mol. The highest BCUT2D eigenvalue weighted by Crippen LogP contribution is 2.39. The second-order valence-corrected chi connectivity index (χ2v) is 9.52. The SMILES string of the molecule is COc1cc(/C=C2\SC(=O)N(Cc3ccc(Br)cc3)C2=O)cc(Cl)c1OCc1ccccc1. The topological polar surface area (TPSA) is 55.8 Å². The second-order valence-electron chi connectivity index (χ2n) is 7.20. The molecule has 8 heteroatoms. The van der Waals surface area contributed by atoms with Gasteiger partial charge in [0.15, 0.2) is 11.5 Å². The minimum Gasteiger partial charge on any atom is -0.493 e. The number of methoxy groups -OCH3 is 1. The van der Waals surface area contributed by atoms with E-state index in [1.807, 2.05) is 54.6 Å². The monoisotopic (exact) mass is 543 g/mol. The van der Waals surface area contributed by atoms with Crippen molar-refractivity contribution in [1.82, 2.24) is 4.90 Å². The summed E-state index contributed by atoms with van der Waals surface area (Å²) in [6.07, 6.45) is 1.64. The Bertz CT molecular complexity index is 1220. The summed E-state index contributed by atoms with van der Waals surface area (Å²) < 4.78 is 12.3. The summed E-state index contributed by atoms with van der Waals surface area (Å²) in [6.45, 7) is 0.552. The van der Waals surface area contributed by atoms with Crippen LogP contribution >= 0.6 is 39.3 Å². The minimum atomic E-state index is -0.340. The minimum absolute atomic E-state index is 0.214. The van der Waals surface area contributed by atoms with E-state index in [0.717, 1.165) is 27.4 Å². The number of benzene rings is 3. The summed E-state index contributed by atoms with van der Waals surface area (Å²) in [5.41, 5.74) is 2.50. The van der Waals surface area contributed by atoms with Crippen LogP contribution in [-0.2, 0) is 17.9 Å². The van der Waals surface area contributed by atoms with Crippen molar-refractivity contribution in [3.63, 3.8) is 0 Å². The maximum Gasteiger partial charge on any atom is 0.293 e. The predicted molar refractivity (Wildman–Crippen MR) is 134 cm³/mol. The number of carbonyl (C=O) groups is 2. The molecule has 168 valence electrons. The molecule has 0 radical (unpaired) electrons. The van der Waals surface area contributed by atoms with Crippen LogP contribution < -0.4 is 9.47 Å². The van der Waals surface area contributed by atoms with E-state index >= 15 is 0 Å². The first kappa shape index (κ1) is 23.4. The zero-order valence-corrected chi connectivity index (χ0v) is 20.7. The fraction of sp³-hybridized carbons (Fsp3) is 0.120. The quantitative estimate of drug-likeness (QED) is 0.302. The van der Waals surface area contributed by atoms with Gasteiger partial charge in [-0.1, -0.05) is 70.0 Å². The van der Waals surface area contributed by atoms with E-state index in [4.69, 9.17) is 21.1 Å². The van der Waals surface area contributed by atoms with E-state index in [1.54, 1.807) is 18.2 Å². The molecule has 0 saturated carbocycles. The molecule has 0 N–H and O–H groups in total. The smallest absolute Gasteiger partial charge is 0.293 e. The highest BCUT2D eigenvalue weighted by Gasteiger charge is 2.35. The molecule has 0 atom stereocenters. The molecule has 4 rings (SSSR count). The van der Waals surface area contributed by atoms with Gasteiger partial charge in [-0.05, 0) is 58.8 Å². The average Bonchev–Trinajstić information content (AvgIpc) is 3.07. The summed E-state index contributed by atoms with van der Waals surface area (Å²) in [5.74, 6) is 0.523. The van der Waals surface area contributed by atoms with Gasteiger partial charge in [-0.25, -0.2) is 0 Å². The van der Waals surface area contributed by atoms with Crippen molar-refractivity contribution >= 4 is 56.5 Å². The standard InChI is InChI=1S/C25H19BrClNO4S/c1-31-21-12-18(11-20(27)23(21)32-15-17-5-3-2-4-6-17)13-22-24(29)28(25(30)33-22)14-16-7-9-19(26)10-8-16/h2-13H,14-15H2,1H3/b22-13-. The van der Waals surface area contributed by atoms with Crippen molar-refractivity contribution in [1.29, 1.82) is 0 Å². The molecule has 0 spiro atoms. The Kier molecular flexibility index (Phi) is 7.42. The molecule has 0 aliphatic carbocycles. The van der Waals surface area contributed by atoms with Gasteiger partial charge >= 0.3 is 0 Å². The van der Waals surface area contributed by atoms with Crippen LogP contribution in [0.4, 0.5) is 4.79 Å². The molecule has 33 heavy (non-hydrogen) atoms. The van der Waals surface area contributed by atoms with Crippen molar-refractivity contribution < 1.29 is 19.1 Å². The predicted octanol–water partition coefficient (Wildman–Crippen LogP) is 6.93. The lowest BCUT2D eigenvalue weighted by Gasteiger charge is -2.14. The summed E-state index contributed by atoms with van der Waals surface area (Å²) >= 11 is 10.8. The van der Waals surface area contributed by atoms with Crippen LogP contribution in [0.2, 0.25) is 5.02 Å². The molecule has 1 aliphatic rings. The number of halogens is 2. The number of carbonyl (C=O) groups excluding carboxylic acids is 2. The van der Waals surface area contributed by atoms with E-state index in [0.29, 0.717) is 33.6 Å². The fourth-order valence-electron chi connectivity index (χ4n) is 3.25. The Labute approximate surface area is 209 Å². The molecule has 5 nitrogen and oxygen atoms in total. The largest absolute Gasteiger partial charge is 0.493 e. The zero-order valence-electron chi connectivity index (χ0n) is 17.6. The third-order valence-electron chi connectivity index (χ3n) is 4.90. The van der Waals surface area contributed by atoms with Gasteiger partial charge in [-0.15, -0.1) is 0 Å². The molecule has 1 aliphatic heterocycles. The number of imide groups is 1. The van der Waals surface area contributed by atoms with Gasteiger partial charge in [0, 0.05) is 4.47 Å². The second kappa shape index (κ2) is 10.5. The average molecular weight is 545 g/mol. The van der Waals surface area contributed by atoms with E-state index in [2.05, 4.69) is 15.9 Å². The summed E-state index contributed by atoms with van der Waals surface area (Å²) in [5, 5.41) is 0.0423. The van der Waals surface area contributed by atoms with Crippen LogP contribution in [0.15, 0.2) is 76.1 Å². The Hall–Kier alpha value is -2.74. The van der Waals surface area contributed by atoms with Crippen molar-refractivity contribution in [2.24, 2.45) is 0 Å². The molecule has 3 aromatic carbocycles. The van der Waals surface area contributed by atoms with Crippen molar-refractivity contribution in [3.8, 4) is 11.5 Å². The van der Waals surface area contributed by atoms with Gasteiger partial charge < -0.3 is 9.47 Å². The molecule has 0 bridgehead atoms. The Morgan fingerprint density at radius 2 is 1.76 bits per heavy atom. The van der Waals surface area contributed by atoms with Gasteiger partial charge in [0.1, 0.15) is 6.61 Å². The van der Waals surface area contributed by atoms with Crippen LogP contribution in [0, 0.1) is 0 Å². The lowest BCUT2D eigenvalue weighted by atomic mass is 10.1. The number of ether oxygens (including phenoxy) is 2. The summed E-state index contributed by atoms with van der Waals surface area (Å²) in [4.78, 5) is 26.9. The number of rotatable bonds is 7. The number of hydrogen-bond donors (Lipinski definition) is 0. The van der Waals surface area contributed by atoms with Crippen molar-refractivity contribution in [3.05, 3.63) is 97.8 Å². The number of thioether (sulfide) groups is 1. The Morgan fingerprint density at radius 3 is 2.45 bits per heavy atom. The first-order chi connectivity index (χ1) is 15.9. The van der Waals surface area contributed by atoms with Gasteiger partial charge in [0.05, 0.1) is 23.6 Å². The normalized spacial score (nSPS) is 14.8. The molecule has 1 saturated heterocycles. The van der Waals surface area contributed by atoms with Crippen LogP contribution in [0.3, 0.4) is 0 Å². The molecule has 0 unspecified atom stereocenters. The number of hydrogen-bond acceptors (Lipinski definition) is 5. The van der Waals surface area contributed by atoms with Gasteiger partial charge in [0.2, 0.25) is 0 Å². The van der Waals surface area contributed by atoms with Crippen molar-refractivity contribution in [2.75, 3.05) is 7.11 Å². The summed E-state index contributed by atoms with van der Waals surface area (Å²) in [6, 6.07) is 20.6. The highest BCUT2D eigenvalue weighted by atomic mass is 79.9. The number of amides is 2. The molecule has 1 fully saturated rings. The van der Waals surface area contributed by atoms with E-state index in [-0.39, 0.29) is 17.7 Å². The third kappa shape index (κ3) is 5.61. The maximum absolute atomic E-state index is 12.9. The van der Waals surface area contributed by atoms with Crippen LogP contribution in [0.1, 0.15) is 16.7 Å². The molecule has 3 aromatic rings. The molecular formula is C25H19BrClNO4S. The third-order valence-corrected chi connectivity index (χ3v) is 6.62. The Balaban J connectivity index is 1.53. The van der Waals surface area contributed by atoms with E-state index in [1.165, 1.54) is 12.0 Å². The van der Waals surface area contributed by atoms with E-state index < -0.39 is 0 Å². The zero-order chi connectivity index (χ0) is 23.4. The Morgan fingerprint density at radius 1 is 1.03 bits per heavy atom. The van der Waals surface area contributed by atoms with Crippen LogP contribution in [-0.4, -0.2) is 23.2 Å². The van der Waals surface area contributed by atoms with Gasteiger partial charge in [-0.2, -0.15) is 0 Å². The van der Waals surface area contributed by atoms with E-state index in [9.17, 15) is 9.59 Å². The van der Waals surface area contributed by atoms with Crippen molar-refractivity contribution in [2.45, 2.75) is 13.2 Å². The molecule has 1 heterocycles. The maximum atomic E-state index is 12.9. The molecule has 2 amide bonds. The lowest BCUT2D eigenvalue weighted by molar-refractivity contribution is -0.123. The summed E-state index contributed by atoms with van der Waals surface area (Å²) in [7, 11) is 1.52. The molecule has 0 aromatic heterocycles. The first-order valence-corrected chi connectivity index (χ1v) is 12.0.